The lowest BCUT2D eigenvalue weighted by Crippen LogP contribution is -2.54. The molecule has 0 aromatic heterocycles. The second kappa shape index (κ2) is 18.7. The van der Waals surface area contributed by atoms with Gasteiger partial charge in [-0.25, -0.2) is 0 Å². The summed E-state index contributed by atoms with van der Waals surface area (Å²) in [6, 6.07) is 6.33. The SMILES string of the molecule is CC(C)C1C[C@H]2C(=O)N[C@H](C(=O)C(=O)NCC(O)N[C@H](C(=O)N(C)C)c3ccccc3)CCCCCCCCCCCC(=O)N2C1. The predicted molar refractivity (Wildman–Crippen MR) is 176 cm³/mol. The molecule has 2 unspecified atom stereocenters. The van der Waals surface area contributed by atoms with Gasteiger partial charge in [0.2, 0.25) is 23.5 Å². The Hall–Kier alpha value is -3.31. The van der Waals surface area contributed by atoms with Gasteiger partial charge in [0.15, 0.2) is 0 Å². The minimum absolute atomic E-state index is 0.0312. The fraction of sp³-hybridized carbons (Fsp3) is 0.686. The first-order valence-corrected chi connectivity index (χ1v) is 17.1. The Morgan fingerprint density at radius 1 is 0.957 bits per heavy atom. The van der Waals surface area contributed by atoms with Gasteiger partial charge in [-0.2, -0.15) is 0 Å². The van der Waals surface area contributed by atoms with E-state index in [-0.39, 0.29) is 24.3 Å². The number of hydrogen-bond acceptors (Lipinski definition) is 7. The Bertz CT molecular complexity index is 1160. The van der Waals surface area contributed by atoms with Crippen molar-refractivity contribution in [3.05, 3.63) is 35.9 Å². The number of aliphatic hydroxyl groups is 1. The number of nitrogens with zero attached hydrogens (tertiary/aromatic N) is 2. The van der Waals surface area contributed by atoms with Gasteiger partial charge < -0.3 is 25.5 Å². The highest BCUT2D eigenvalue weighted by molar-refractivity contribution is 6.38. The number of likely N-dealkylation sites (N-methyl/N-ethyl adjacent to an activating group) is 1. The first kappa shape index (κ1) is 37.2. The third kappa shape index (κ3) is 11.2. The average Bonchev–Trinajstić information content (AvgIpc) is 3.50. The number of rotatable bonds is 9. The number of aliphatic hydroxyl groups excluding tert-OH is 1. The molecule has 3 rings (SSSR count). The topological polar surface area (TPSA) is 148 Å². The summed E-state index contributed by atoms with van der Waals surface area (Å²) in [7, 11) is 3.22. The molecule has 46 heavy (non-hydrogen) atoms. The van der Waals surface area contributed by atoms with Crippen molar-refractivity contribution in [1.82, 2.24) is 25.8 Å². The van der Waals surface area contributed by atoms with Crippen LogP contribution < -0.4 is 16.0 Å². The Balaban J connectivity index is 1.69. The number of nitrogens with one attached hydrogen (secondary N) is 3. The quantitative estimate of drug-likeness (QED) is 0.239. The van der Waals surface area contributed by atoms with Crippen molar-refractivity contribution in [2.45, 2.75) is 115 Å². The zero-order valence-corrected chi connectivity index (χ0v) is 28.1. The molecule has 2 aliphatic rings. The van der Waals surface area contributed by atoms with Crippen LogP contribution in [0.4, 0.5) is 0 Å². The van der Waals surface area contributed by atoms with Crippen molar-refractivity contribution in [2.24, 2.45) is 11.8 Å². The van der Waals surface area contributed by atoms with Crippen LogP contribution in [0.5, 0.6) is 0 Å². The summed E-state index contributed by atoms with van der Waals surface area (Å²) in [6.45, 7) is 4.37. The van der Waals surface area contributed by atoms with E-state index in [4.69, 9.17) is 0 Å². The van der Waals surface area contributed by atoms with E-state index in [9.17, 15) is 29.1 Å². The van der Waals surface area contributed by atoms with Crippen LogP contribution in [-0.2, 0) is 24.0 Å². The maximum atomic E-state index is 13.7. The van der Waals surface area contributed by atoms with E-state index < -0.39 is 42.0 Å². The van der Waals surface area contributed by atoms with E-state index in [1.54, 1.807) is 43.3 Å². The molecule has 0 saturated carbocycles. The van der Waals surface area contributed by atoms with Crippen LogP contribution in [0, 0.1) is 11.8 Å². The lowest BCUT2D eigenvalue weighted by molar-refractivity contribution is -0.142. The van der Waals surface area contributed by atoms with Crippen molar-refractivity contribution in [3.8, 4) is 0 Å². The van der Waals surface area contributed by atoms with E-state index in [1.165, 1.54) is 4.90 Å². The van der Waals surface area contributed by atoms with Crippen LogP contribution in [0.3, 0.4) is 0 Å². The number of carbonyl (C=O) groups is 5. The molecule has 11 nitrogen and oxygen atoms in total. The lowest BCUT2D eigenvalue weighted by Gasteiger charge is -2.27. The number of Topliss-reactive ketones (excluding diaryl/α,β-unsaturated/α-hetero) is 1. The van der Waals surface area contributed by atoms with E-state index in [2.05, 4.69) is 29.8 Å². The summed E-state index contributed by atoms with van der Waals surface area (Å²) in [5.74, 6) is -1.96. The highest BCUT2D eigenvalue weighted by Gasteiger charge is 2.41. The minimum Gasteiger partial charge on any atom is -0.377 e. The zero-order valence-electron chi connectivity index (χ0n) is 28.1. The van der Waals surface area contributed by atoms with Gasteiger partial charge in [0.25, 0.3) is 5.91 Å². The highest BCUT2D eigenvalue weighted by atomic mass is 16.3. The third-order valence-electron chi connectivity index (χ3n) is 9.28. The minimum atomic E-state index is -1.33. The van der Waals surface area contributed by atoms with Gasteiger partial charge in [-0.05, 0) is 36.7 Å². The molecule has 0 aliphatic carbocycles. The van der Waals surface area contributed by atoms with Gasteiger partial charge in [-0.1, -0.05) is 95.5 Å². The van der Waals surface area contributed by atoms with Crippen molar-refractivity contribution < 1.29 is 29.1 Å². The lowest BCUT2D eigenvalue weighted by atomic mass is 9.93. The molecule has 1 aromatic rings. The summed E-state index contributed by atoms with van der Waals surface area (Å²) in [5.41, 5.74) is 0.645. The Morgan fingerprint density at radius 2 is 1.57 bits per heavy atom. The Labute approximate surface area is 274 Å². The van der Waals surface area contributed by atoms with Gasteiger partial charge in [0.05, 0.1) is 12.6 Å². The molecule has 0 bridgehead atoms. The predicted octanol–water partition coefficient (Wildman–Crippen LogP) is 3.07. The molecule has 2 saturated heterocycles. The van der Waals surface area contributed by atoms with Crippen molar-refractivity contribution >= 4 is 29.4 Å². The van der Waals surface area contributed by atoms with E-state index in [0.29, 0.717) is 43.7 Å². The molecular weight excluding hydrogens is 586 g/mol. The molecule has 11 heteroatoms. The Morgan fingerprint density at radius 3 is 2.17 bits per heavy atom. The zero-order chi connectivity index (χ0) is 33.6. The molecule has 1 aromatic carbocycles. The highest BCUT2D eigenvalue weighted by Crippen LogP contribution is 2.30. The van der Waals surface area contributed by atoms with E-state index >= 15 is 0 Å². The third-order valence-corrected chi connectivity index (χ3v) is 9.28. The van der Waals surface area contributed by atoms with E-state index in [0.717, 1.165) is 51.4 Å². The molecule has 2 heterocycles. The fourth-order valence-electron chi connectivity index (χ4n) is 6.32. The van der Waals surface area contributed by atoms with Gasteiger partial charge >= 0.3 is 0 Å². The van der Waals surface area contributed by atoms with Gasteiger partial charge in [-0.15, -0.1) is 0 Å². The standard InChI is InChI=1S/C35H55N5O6/c1-24(2)26-21-28-33(44)37-27(19-15-10-8-6-5-7-9-11-16-20-30(42)40(28)23-26)32(43)34(45)36-22-29(41)38-31(35(46)39(3)4)25-17-13-12-14-18-25/h12-14,17-18,24,26-29,31,38,41H,5-11,15-16,19-23H2,1-4H3,(H,36,45)(H,37,44)/t26?,27-,28-,29?,31-/m0/s1. The van der Waals surface area contributed by atoms with Crippen LogP contribution in [0.1, 0.15) is 103 Å². The van der Waals surface area contributed by atoms with Crippen LogP contribution in [-0.4, -0.2) is 89.8 Å². The molecule has 0 radical (unpaired) electrons. The molecule has 2 fully saturated rings. The average molecular weight is 642 g/mol. The van der Waals surface area contributed by atoms with Crippen molar-refractivity contribution in [3.63, 3.8) is 0 Å². The van der Waals surface area contributed by atoms with Gasteiger partial charge in [-0.3, -0.25) is 29.3 Å². The summed E-state index contributed by atoms with van der Waals surface area (Å²) >= 11 is 0. The molecule has 4 N–H and O–H groups in total. The summed E-state index contributed by atoms with van der Waals surface area (Å²) in [6.07, 6.45) is 8.71. The maximum absolute atomic E-state index is 13.7. The molecule has 5 atom stereocenters. The molecule has 0 spiro atoms. The van der Waals surface area contributed by atoms with Crippen LogP contribution >= 0.6 is 0 Å². The van der Waals surface area contributed by atoms with Crippen LogP contribution in [0.15, 0.2) is 30.3 Å². The smallest absolute Gasteiger partial charge is 0.289 e. The number of carbonyl (C=O) groups excluding carboxylic acids is 5. The van der Waals surface area contributed by atoms with Gasteiger partial charge in [0, 0.05) is 27.1 Å². The molecule has 2 aliphatic heterocycles. The summed E-state index contributed by atoms with van der Waals surface area (Å²) < 4.78 is 0. The van der Waals surface area contributed by atoms with Crippen LogP contribution in [0.25, 0.3) is 0 Å². The number of amides is 4. The second-order valence-electron chi connectivity index (χ2n) is 13.4. The molecule has 256 valence electrons. The second-order valence-corrected chi connectivity index (χ2v) is 13.4. The number of benzene rings is 1. The number of fused-ring (bicyclic) bond motifs is 1. The Kier molecular flexibility index (Phi) is 15.1. The van der Waals surface area contributed by atoms with Crippen LogP contribution in [0.2, 0.25) is 0 Å². The number of hydrogen-bond donors (Lipinski definition) is 4. The monoisotopic (exact) mass is 641 g/mol. The summed E-state index contributed by atoms with van der Waals surface area (Å²) in [4.78, 5) is 69.3. The first-order valence-electron chi connectivity index (χ1n) is 17.1. The summed E-state index contributed by atoms with van der Waals surface area (Å²) in [5, 5.41) is 18.9. The molecular formula is C35H55N5O6. The first-order chi connectivity index (χ1) is 22.0. The molecule has 4 amide bonds. The van der Waals surface area contributed by atoms with Crippen molar-refractivity contribution in [2.75, 3.05) is 27.2 Å². The van der Waals surface area contributed by atoms with Gasteiger partial charge in [0.1, 0.15) is 18.3 Å². The maximum Gasteiger partial charge on any atom is 0.289 e. The largest absolute Gasteiger partial charge is 0.377 e. The number of ketones is 1. The normalized spacial score (nSPS) is 23.5. The van der Waals surface area contributed by atoms with Crippen molar-refractivity contribution in [1.29, 1.82) is 0 Å². The van der Waals surface area contributed by atoms with E-state index in [1.807, 2.05) is 6.07 Å². The fourth-order valence-corrected chi connectivity index (χ4v) is 6.32.